The highest BCUT2D eigenvalue weighted by atomic mass is 16.5. The van der Waals surface area contributed by atoms with Crippen molar-refractivity contribution in [3.8, 4) is 0 Å². The maximum Gasteiger partial charge on any atom is 0.312 e. The van der Waals surface area contributed by atoms with Gasteiger partial charge in [-0.15, -0.1) is 0 Å². The molecule has 4 rings (SSSR count). The Kier molecular flexibility index (Phi) is 29.9. The number of likely N-dealkylation sites (tertiary alicyclic amines) is 2. The third-order valence-corrected chi connectivity index (χ3v) is 18.0. The third-order valence-electron chi connectivity index (χ3n) is 18.0. The number of aliphatic hydroxyl groups excluding tert-OH is 1. The number of nitrogens with two attached hydrogens (primary N) is 1. The number of anilines is 1. The summed E-state index contributed by atoms with van der Waals surface area (Å²) in [7, 11) is 6.73. The molecule has 4 unspecified atom stereocenters. The number of carbonyl (C=O) groups excluding carboxylic acids is 10. The summed E-state index contributed by atoms with van der Waals surface area (Å²) < 4.78 is 17.6. The quantitative estimate of drug-likeness (QED) is 0.0354. The summed E-state index contributed by atoms with van der Waals surface area (Å²) in [5, 5.41) is 27.5. The molecule has 1 aromatic carbocycles. The summed E-state index contributed by atoms with van der Waals surface area (Å²) in [4.78, 5) is 140. The second kappa shape index (κ2) is 35.6. The van der Waals surface area contributed by atoms with Crippen LogP contribution in [0.1, 0.15) is 126 Å². The molecule has 25 nitrogen and oxygen atoms in total. The number of carbonyl (C=O) groups is 10. The van der Waals surface area contributed by atoms with Crippen molar-refractivity contribution in [3.63, 3.8) is 0 Å². The van der Waals surface area contributed by atoms with Crippen LogP contribution >= 0.6 is 0 Å². The molecule has 14 atom stereocenters. The third kappa shape index (κ3) is 20.2. The van der Waals surface area contributed by atoms with Gasteiger partial charge in [0.2, 0.25) is 41.4 Å². The van der Waals surface area contributed by atoms with Crippen LogP contribution in [0.25, 0.3) is 0 Å². The number of likely N-dealkylation sites (N-methyl/N-ethyl adjacent to an activating group) is 2. The number of benzene rings is 1. The Labute approximate surface area is 520 Å². The average molecular weight is 1240 g/mol. The van der Waals surface area contributed by atoms with E-state index >= 15 is 0 Å². The molecule has 0 radical (unpaired) electrons. The van der Waals surface area contributed by atoms with Crippen molar-refractivity contribution in [2.24, 2.45) is 41.2 Å². The number of ether oxygens (including phenoxy) is 3. The fourth-order valence-corrected chi connectivity index (χ4v) is 12.6. The number of imide groups is 1. The van der Waals surface area contributed by atoms with Gasteiger partial charge >= 0.3 is 6.03 Å². The molecule has 3 heterocycles. The Morgan fingerprint density at radius 3 is 2.09 bits per heavy atom. The van der Waals surface area contributed by atoms with Crippen LogP contribution in [0.15, 0.2) is 36.4 Å². The van der Waals surface area contributed by atoms with Crippen LogP contribution in [0.3, 0.4) is 0 Å². The lowest BCUT2D eigenvalue weighted by molar-refractivity contribution is -0.148. The lowest BCUT2D eigenvalue weighted by Gasteiger charge is -2.41. The van der Waals surface area contributed by atoms with Gasteiger partial charge in [-0.25, -0.2) is 4.79 Å². The molecule has 0 saturated carbocycles. The Bertz CT molecular complexity index is 2550. The zero-order valence-electron chi connectivity index (χ0n) is 54.4. The summed E-state index contributed by atoms with van der Waals surface area (Å²) in [5.74, 6) is -4.84. The highest BCUT2D eigenvalue weighted by molar-refractivity contribution is 6.12. The topological polar surface area (TPSA) is 330 Å². The predicted octanol–water partition coefficient (Wildman–Crippen LogP) is 2.48. The number of hydrogen-bond acceptors (Lipinski definition) is 15. The zero-order valence-corrected chi connectivity index (χ0v) is 54.4. The molecule has 0 aromatic heterocycles. The Hall–Kier alpha value is -6.54. The molecular formula is C63H103N11O14. The van der Waals surface area contributed by atoms with E-state index in [2.05, 4.69) is 57.6 Å². The fraction of sp³-hybridized carbons (Fsp3) is 0.714. The van der Waals surface area contributed by atoms with Gasteiger partial charge in [-0.05, 0) is 92.9 Å². The monoisotopic (exact) mass is 1240 g/mol. The molecule has 3 aliphatic heterocycles. The summed E-state index contributed by atoms with van der Waals surface area (Å²) in [6, 6.07) is 1.07. The molecule has 25 heteroatoms. The van der Waals surface area contributed by atoms with Crippen molar-refractivity contribution >= 4 is 64.9 Å². The van der Waals surface area contributed by atoms with Crippen LogP contribution in [0.2, 0.25) is 0 Å². The normalized spacial score (nSPS) is 21.7. The standard InChI is InChI=1S/C63H103N11O14/c1-15-38(7)55(72(12)62(84)54(37(5)6)70-61(83)56-40(9)39(8)46(16-2)71(56)11)48(86-13)34-52(79)73-28-19-23-47(73)57(87-14)41(10)58(80)67-44(35-75)33-42-20-17-21-43(32-42)66-59(81)45(22-18-27-65-63(64)85)68-60(82)53(36(3)4)69-49(76)26-30-88-31-29-74-50(77)24-25-51(74)78/h17,20-21,24-25,32,36-41,44-48,53-57,75H,15-16,18-19,22-23,26-31,33-35H2,1-14H3,(H,66,81)(H,67,80)(H,68,82)(H,69,76)(H,70,83)(H3,64,65,85)/t38-,39-,40?,41+,44-,45-,46?,47-,48+,53?,54-,55?,56-,57+/m0/s1. The Morgan fingerprint density at radius 2 is 1.51 bits per heavy atom. The number of hydrogen-bond donors (Lipinski definition) is 8. The number of urea groups is 1. The number of amides is 11. The fourth-order valence-electron chi connectivity index (χ4n) is 12.6. The van der Waals surface area contributed by atoms with Gasteiger partial charge < -0.3 is 66.8 Å². The molecule has 3 aliphatic rings. The summed E-state index contributed by atoms with van der Waals surface area (Å²) >= 11 is 0. The number of aliphatic hydroxyl groups is 1. The Balaban J connectivity index is 1.40. The molecule has 0 bridgehead atoms. The molecule has 0 spiro atoms. The minimum absolute atomic E-state index is 0.0103. The number of nitrogens with zero attached hydrogens (tertiary/aromatic N) is 4. The van der Waals surface area contributed by atoms with E-state index in [1.165, 1.54) is 14.2 Å². The largest absolute Gasteiger partial charge is 0.394 e. The summed E-state index contributed by atoms with van der Waals surface area (Å²) in [5.41, 5.74) is 6.24. The van der Waals surface area contributed by atoms with Crippen LogP contribution in [0, 0.1) is 35.5 Å². The summed E-state index contributed by atoms with van der Waals surface area (Å²) in [6.45, 7) is 19.5. The van der Waals surface area contributed by atoms with Crippen LogP contribution in [-0.2, 0) is 63.8 Å². The van der Waals surface area contributed by atoms with E-state index in [0.29, 0.717) is 43.0 Å². The highest BCUT2D eigenvalue weighted by Gasteiger charge is 2.47. The van der Waals surface area contributed by atoms with Crippen molar-refractivity contribution in [3.05, 3.63) is 42.0 Å². The van der Waals surface area contributed by atoms with Crippen molar-refractivity contribution in [2.75, 3.05) is 73.1 Å². The molecule has 11 amide bonds. The van der Waals surface area contributed by atoms with Gasteiger partial charge in [0, 0.05) is 64.7 Å². The maximum absolute atomic E-state index is 14.6. The van der Waals surface area contributed by atoms with Gasteiger partial charge in [-0.1, -0.05) is 87.8 Å². The van der Waals surface area contributed by atoms with Crippen molar-refractivity contribution in [1.82, 2.24) is 46.2 Å². The second-order valence-corrected chi connectivity index (χ2v) is 24.7. The molecule has 2 saturated heterocycles. The molecule has 1 aromatic rings. The number of primary amides is 1. The average Bonchev–Trinajstić information content (AvgIpc) is 4.31. The van der Waals surface area contributed by atoms with Crippen LogP contribution in [-0.4, -0.2) is 212 Å². The smallest absolute Gasteiger partial charge is 0.312 e. The van der Waals surface area contributed by atoms with E-state index in [9.17, 15) is 53.1 Å². The van der Waals surface area contributed by atoms with E-state index in [4.69, 9.17) is 19.9 Å². The maximum atomic E-state index is 14.6. The van der Waals surface area contributed by atoms with Crippen molar-refractivity contribution in [2.45, 2.75) is 188 Å². The minimum Gasteiger partial charge on any atom is -0.394 e. The van der Waals surface area contributed by atoms with E-state index in [1.807, 2.05) is 34.7 Å². The number of rotatable bonds is 36. The van der Waals surface area contributed by atoms with Gasteiger partial charge in [-0.3, -0.25) is 53.0 Å². The Morgan fingerprint density at radius 1 is 0.841 bits per heavy atom. The molecular weight excluding hydrogens is 1130 g/mol. The summed E-state index contributed by atoms with van der Waals surface area (Å²) in [6.07, 6.45) is 3.96. The van der Waals surface area contributed by atoms with E-state index in [0.717, 1.165) is 23.5 Å². The SMILES string of the molecule is CCC1[C@@H](C)C(C)[C@@H](C(=O)N[C@H](C(=O)N(C)C([C@@H](C)CC)[C@@H](CC(=O)N2CCC[C@H]2[C@H](OC)[C@@H](C)C(=O)N[C@H](CO)Cc2cccc(NC(=O)[C@H](CCCNC(N)=O)NC(=O)C(NC(=O)CCOCCN3C(=O)C=CC3=O)C(C)C)c2)OC)C(C)C)N1C. The van der Waals surface area contributed by atoms with Crippen LogP contribution in [0.4, 0.5) is 10.5 Å². The first-order chi connectivity index (χ1) is 41.6. The molecule has 2 fully saturated rings. The van der Waals surface area contributed by atoms with Gasteiger partial charge in [0.15, 0.2) is 0 Å². The first-order valence-corrected chi connectivity index (χ1v) is 31.4. The van der Waals surface area contributed by atoms with Gasteiger partial charge in [0.25, 0.3) is 11.8 Å². The van der Waals surface area contributed by atoms with Crippen molar-refractivity contribution < 1.29 is 67.3 Å². The highest BCUT2D eigenvalue weighted by Crippen LogP contribution is 2.36. The first-order valence-electron chi connectivity index (χ1n) is 31.4. The zero-order chi connectivity index (χ0) is 65.7. The molecule has 88 heavy (non-hydrogen) atoms. The van der Waals surface area contributed by atoms with E-state index < -0.39 is 108 Å². The lowest BCUT2D eigenvalue weighted by Crippen LogP contribution is -2.59. The van der Waals surface area contributed by atoms with Gasteiger partial charge in [-0.2, -0.15) is 0 Å². The second-order valence-electron chi connectivity index (χ2n) is 24.7. The number of methoxy groups -OCH3 is 2. The van der Waals surface area contributed by atoms with Gasteiger partial charge in [0.1, 0.15) is 18.1 Å². The first kappa shape index (κ1) is 73.9. The number of nitrogens with one attached hydrogen (secondary N) is 6. The van der Waals surface area contributed by atoms with Gasteiger partial charge in [0.05, 0.1) is 75.1 Å². The minimum atomic E-state index is -1.14. The van der Waals surface area contributed by atoms with Crippen molar-refractivity contribution in [1.29, 1.82) is 0 Å². The molecule has 9 N–H and O–H groups in total. The van der Waals surface area contributed by atoms with Crippen LogP contribution in [0.5, 0.6) is 0 Å². The molecule has 494 valence electrons. The lowest BCUT2D eigenvalue weighted by atomic mass is 9.88. The predicted molar refractivity (Wildman–Crippen MR) is 331 cm³/mol. The van der Waals surface area contributed by atoms with E-state index in [1.54, 1.807) is 61.9 Å². The van der Waals surface area contributed by atoms with Crippen LogP contribution < -0.4 is 37.6 Å². The molecule has 0 aliphatic carbocycles. The van der Waals surface area contributed by atoms with E-state index in [-0.39, 0.29) is 106 Å².